The van der Waals surface area contributed by atoms with E-state index in [1.165, 1.54) is 34.9 Å². The molecule has 1 amide bonds. The Morgan fingerprint density at radius 2 is 1.62 bits per heavy atom. The Morgan fingerprint density at radius 1 is 0.904 bits per heavy atom. The molecule has 8 nitrogen and oxygen atoms in total. The minimum absolute atomic E-state index is 0.0386. The molecule has 1 aliphatic heterocycles. The van der Waals surface area contributed by atoms with Crippen molar-refractivity contribution < 1.29 is 13.2 Å². The van der Waals surface area contributed by atoms with Crippen molar-refractivity contribution in [2.45, 2.75) is 54.9 Å². The molecule has 0 aromatic heterocycles. The molecule has 0 bridgehead atoms. The van der Waals surface area contributed by atoms with Crippen molar-refractivity contribution in [3.05, 3.63) is 124 Å². The fourth-order valence-corrected chi connectivity index (χ4v) is 9.11. The molecule has 52 heavy (non-hydrogen) atoms. The average Bonchev–Trinajstić information content (AvgIpc) is 3.16. The molecule has 11 heteroatoms. The minimum atomic E-state index is -4.08. The van der Waals surface area contributed by atoms with E-state index >= 15 is 0 Å². The van der Waals surface area contributed by atoms with E-state index < -0.39 is 15.9 Å². The summed E-state index contributed by atoms with van der Waals surface area (Å²) in [6, 6.07) is 30.6. The first kappa shape index (κ1) is 37.9. The molecule has 1 atom stereocenters. The number of piperazine rings is 1. The van der Waals surface area contributed by atoms with E-state index in [1.54, 1.807) is 41.6 Å². The van der Waals surface area contributed by atoms with Gasteiger partial charge in [-0.25, -0.2) is 13.1 Å². The van der Waals surface area contributed by atoms with Crippen LogP contribution in [0.1, 0.15) is 53.6 Å². The second-order valence-corrected chi connectivity index (χ2v) is 16.8. The molecular weight excluding hydrogens is 710 g/mol. The molecular formula is C41H48ClN5O3S2. The highest BCUT2D eigenvalue weighted by Crippen LogP contribution is 2.34. The van der Waals surface area contributed by atoms with Crippen molar-refractivity contribution in [1.29, 1.82) is 0 Å². The van der Waals surface area contributed by atoms with Gasteiger partial charge in [-0.05, 0) is 129 Å². The third-order valence-electron chi connectivity index (χ3n) is 9.86. The van der Waals surface area contributed by atoms with Gasteiger partial charge in [-0.1, -0.05) is 47.5 Å². The van der Waals surface area contributed by atoms with Crippen LogP contribution in [0, 0.1) is 6.92 Å². The van der Waals surface area contributed by atoms with Crippen LogP contribution in [0.4, 0.5) is 11.4 Å². The fraction of sp³-hybridized carbons (Fsp3) is 0.341. The number of benzene rings is 4. The molecule has 4 aromatic carbocycles. The van der Waals surface area contributed by atoms with E-state index in [4.69, 9.17) is 17.3 Å². The van der Waals surface area contributed by atoms with Crippen molar-refractivity contribution in [2.24, 2.45) is 5.73 Å². The first-order valence-corrected chi connectivity index (χ1v) is 20.9. The molecule has 4 N–H and O–H groups in total. The first-order chi connectivity index (χ1) is 25.2. The molecule has 274 valence electrons. The Hall–Kier alpha value is -3.80. The maximum atomic E-state index is 13.3. The fourth-order valence-electron chi connectivity index (χ4n) is 6.94. The summed E-state index contributed by atoms with van der Waals surface area (Å²) >= 11 is 7.90. The van der Waals surface area contributed by atoms with Crippen molar-refractivity contribution in [3.63, 3.8) is 0 Å². The lowest BCUT2D eigenvalue weighted by atomic mass is 9.87. The molecule has 1 heterocycles. The number of anilines is 2. The highest BCUT2D eigenvalue weighted by molar-refractivity contribution is 7.99. The van der Waals surface area contributed by atoms with E-state index in [2.05, 4.69) is 44.1 Å². The van der Waals surface area contributed by atoms with E-state index in [9.17, 15) is 13.2 Å². The number of thioether (sulfide) groups is 1. The summed E-state index contributed by atoms with van der Waals surface area (Å²) in [6.07, 6.45) is 5.50. The molecule has 0 spiro atoms. The number of carbonyl (C=O) groups excluding carboxylic acids is 1. The van der Waals surface area contributed by atoms with E-state index in [-0.39, 0.29) is 10.9 Å². The number of sulfonamides is 1. The van der Waals surface area contributed by atoms with Gasteiger partial charge < -0.3 is 16.0 Å². The summed E-state index contributed by atoms with van der Waals surface area (Å²) in [7, 11) is -4.08. The standard InChI is InChI=1S/C41H48ClN5O3S2/c1-30-27-38(19-20-40(30)44-35(21-22-43)29-51-37-8-3-2-4-9-37)52(49,50)45-41(48)32-13-17-36(18-14-32)47-25-23-46(24-26-47)28-33-7-5-6-10-39(33)31-11-15-34(42)16-12-31/h2-4,8-9,11-20,27,35,44H,5-7,10,21-26,28-29,43H2,1H3,(H,45,48)/t35-/m1/s1. The quantitative estimate of drug-likeness (QED) is 0.112. The number of hydrogen-bond acceptors (Lipinski definition) is 8. The Bertz CT molecular complexity index is 1950. The lowest BCUT2D eigenvalue weighted by molar-refractivity contribution is 0.0981. The van der Waals surface area contributed by atoms with Crippen LogP contribution in [-0.4, -0.2) is 70.3 Å². The first-order valence-electron chi connectivity index (χ1n) is 18.0. The van der Waals surface area contributed by atoms with Crippen LogP contribution in [0.3, 0.4) is 0 Å². The zero-order chi connectivity index (χ0) is 36.5. The average molecular weight is 758 g/mol. The van der Waals surface area contributed by atoms with Gasteiger partial charge >= 0.3 is 0 Å². The number of nitrogens with one attached hydrogen (secondary N) is 2. The highest BCUT2D eigenvalue weighted by Gasteiger charge is 2.23. The number of hydrogen-bond donors (Lipinski definition) is 3. The second-order valence-electron chi connectivity index (χ2n) is 13.6. The maximum Gasteiger partial charge on any atom is 0.264 e. The summed E-state index contributed by atoms with van der Waals surface area (Å²) in [5, 5.41) is 4.30. The summed E-state index contributed by atoms with van der Waals surface area (Å²) in [4.78, 5) is 19.2. The molecule has 0 radical (unpaired) electrons. The maximum absolute atomic E-state index is 13.3. The van der Waals surface area contributed by atoms with Gasteiger partial charge in [-0.3, -0.25) is 9.69 Å². The molecule has 0 saturated carbocycles. The smallest absolute Gasteiger partial charge is 0.264 e. The largest absolute Gasteiger partial charge is 0.381 e. The van der Waals surface area contributed by atoms with Gasteiger partial charge in [0, 0.05) is 71.4 Å². The molecule has 1 aliphatic carbocycles. The lowest BCUT2D eigenvalue weighted by Gasteiger charge is -2.37. The van der Waals surface area contributed by atoms with Gasteiger partial charge in [0.25, 0.3) is 15.9 Å². The summed E-state index contributed by atoms with van der Waals surface area (Å²) in [5.74, 6) is 0.158. The Morgan fingerprint density at radius 3 is 2.31 bits per heavy atom. The van der Waals surface area contributed by atoms with E-state index in [0.29, 0.717) is 12.1 Å². The monoisotopic (exact) mass is 757 g/mol. The van der Waals surface area contributed by atoms with Gasteiger partial charge in [-0.15, -0.1) is 11.8 Å². The summed E-state index contributed by atoms with van der Waals surface area (Å²) in [6.45, 7) is 7.04. The number of nitrogens with two attached hydrogens (primary N) is 1. The molecule has 2 aliphatic rings. The van der Waals surface area contributed by atoms with Crippen LogP contribution in [0.2, 0.25) is 5.02 Å². The van der Waals surface area contributed by atoms with Gasteiger partial charge in [0.1, 0.15) is 0 Å². The van der Waals surface area contributed by atoms with Crippen LogP contribution in [0.5, 0.6) is 0 Å². The second kappa shape index (κ2) is 17.8. The molecule has 4 aromatic rings. The van der Waals surface area contributed by atoms with Gasteiger partial charge in [-0.2, -0.15) is 0 Å². The van der Waals surface area contributed by atoms with Gasteiger partial charge in [0.15, 0.2) is 0 Å². The number of aryl methyl sites for hydroxylation is 1. The predicted octanol–water partition coefficient (Wildman–Crippen LogP) is 7.84. The minimum Gasteiger partial charge on any atom is -0.381 e. The van der Waals surface area contributed by atoms with Crippen LogP contribution < -0.4 is 20.7 Å². The lowest BCUT2D eigenvalue weighted by Crippen LogP contribution is -2.47. The third kappa shape index (κ3) is 9.99. The van der Waals surface area contributed by atoms with Crippen molar-refractivity contribution in [1.82, 2.24) is 9.62 Å². The zero-order valence-corrected chi connectivity index (χ0v) is 32.1. The van der Waals surface area contributed by atoms with Crippen molar-refractivity contribution in [3.8, 4) is 0 Å². The number of carbonyl (C=O) groups is 1. The van der Waals surface area contributed by atoms with Crippen molar-refractivity contribution in [2.75, 3.05) is 55.2 Å². The van der Waals surface area contributed by atoms with Crippen LogP contribution in [0.15, 0.2) is 112 Å². The molecule has 1 saturated heterocycles. The predicted molar refractivity (Wildman–Crippen MR) is 216 cm³/mol. The van der Waals surface area contributed by atoms with E-state index in [1.807, 2.05) is 49.4 Å². The Balaban J connectivity index is 1.02. The third-order valence-corrected chi connectivity index (χ3v) is 12.6. The summed E-state index contributed by atoms with van der Waals surface area (Å²) in [5.41, 5.74) is 13.1. The Kier molecular flexibility index (Phi) is 13.0. The number of allylic oxidation sites excluding steroid dienone is 1. The van der Waals surface area contributed by atoms with Crippen LogP contribution in [-0.2, 0) is 10.0 Å². The summed E-state index contributed by atoms with van der Waals surface area (Å²) < 4.78 is 28.8. The zero-order valence-electron chi connectivity index (χ0n) is 29.7. The SMILES string of the molecule is Cc1cc(S(=O)(=O)NC(=O)c2ccc(N3CCN(CC4=C(c5ccc(Cl)cc5)CCCC4)CC3)cc2)ccc1N[C@H](CCN)CSc1ccccc1. The highest BCUT2D eigenvalue weighted by atomic mass is 35.5. The van der Waals surface area contributed by atoms with E-state index in [0.717, 1.165) is 79.7 Å². The molecule has 0 unspecified atom stereocenters. The van der Waals surface area contributed by atoms with Crippen LogP contribution in [0.25, 0.3) is 5.57 Å². The number of rotatable bonds is 14. The van der Waals surface area contributed by atoms with Crippen LogP contribution >= 0.6 is 23.4 Å². The molecule has 1 fully saturated rings. The normalized spacial score (nSPS) is 16.1. The Labute approximate surface area is 317 Å². The van der Waals surface area contributed by atoms with Gasteiger partial charge in [0.2, 0.25) is 0 Å². The number of halogens is 1. The molecule has 6 rings (SSSR count). The topological polar surface area (TPSA) is 108 Å². The number of nitrogens with zero attached hydrogens (tertiary/aromatic N) is 2. The van der Waals surface area contributed by atoms with Gasteiger partial charge in [0.05, 0.1) is 4.90 Å². The van der Waals surface area contributed by atoms with Crippen molar-refractivity contribution >= 4 is 56.2 Å². The number of amides is 1.